The number of amides is 1. The molecule has 0 saturated carbocycles. The fourth-order valence-corrected chi connectivity index (χ4v) is 3.71. The van der Waals surface area contributed by atoms with E-state index in [0.29, 0.717) is 12.5 Å². The Bertz CT molecular complexity index is 475. The summed E-state index contributed by atoms with van der Waals surface area (Å²) in [6.45, 7) is 4.58. The number of aromatic nitrogens is 2. The summed E-state index contributed by atoms with van der Waals surface area (Å²) in [4.78, 5) is 16.8. The van der Waals surface area contributed by atoms with Gasteiger partial charge < -0.3 is 14.9 Å². The maximum atomic E-state index is 12.3. The van der Waals surface area contributed by atoms with Gasteiger partial charge in [0.25, 0.3) is 0 Å². The van der Waals surface area contributed by atoms with Crippen LogP contribution in [-0.4, -0.2) is 68.9 Å². The molecule has 0 spiro atoms. The molecule has 2 fully saturated rings. The SMILES string of the molecule is O=C(CCCn1cccn1)N1CCC(N2CCC(O)CC2)CC1. The average molecular weight is 320 g/mol. The van der Waals surface area contributed by atoms with E-state index in [0.717, 1.165) is 64.8 Å². The minimum Gasteiger partial charge on any atom is -0.393 e. The number of likely N-dealkylation sites (tertiary alicyclic amines) is 2. The zero-order valence-corrected chi connectivity index (χ0v) is 13.8. The second-order valence-corrected chi connectivity index (χ2v) is 6.75. The lowest BCUT2D eigenvalue weighted by atomic mass is 9.98. The van der Waals surface area contributed by atoms with Gasteiger partial charge in [-0.3, -0.25) is 9.48 Å². The van der Waals surface area contributed by atoms with Gasteiger partial charge in [0.05, 0.1) is 6.10 Å². The van der Waals surface area contributed by atoms with Crippen molar-refractivity contribution in [1.82, 2.24) is 19.6 Å². The standard InChI is InChI=1S/C17H28N4O2/c22-16-6-13-19(14-7-16)15-4-11-20(12-5-15)17(23)3-1-9-21-10-2-8-18-21/h2,8,10,15-16,22H,1,3-7,9,11-14H2. The summed E-state index contributed by atoms with van der Waals surface area (Å²) in [6, 6.07) is 2.50. The molecule has 23 heavy (non-hydrogen) atoms. The summed E-state index contributed by atoms with van der Waals surface area (Å²) >= 11 is 0. The van der Waals surface area contributed by atoms with Crippen molar-refractivity contribution in [1.29, 1.82) is 0 Å². The van der Waals surface area contributed by atoms with Crippen LogP contribution < -0.4 is 0 Å². The van der Waals surface area contributed by atoms with Crippen molar-refractivity contribution in [3.05, 3.63) is 18.5 Å². The van der Waals surface area contributed by atoms with E-state index in [4.69, 9.17) is 0 Å². The number of aliphatic hydroxyl groups excluding tert-OH is 1. The van der Waals surface area contributed by atoms with Gasteiger partial charge in [-0.2, -0.15) is 5.10 Å². The van der Waals surface area contributed by atoms with Gasteiger partial charge in [0.1, 0.15) is 0 Å². The molecule has 1 aromatic heterocycles. The molecule has 3 rings (SSSR count). The third-order valence-electron chi connectivity index (χ3n) is 5.17. The Labute approximate surface area is 138 Å². The Morgan fingerprint density at radius 3 is 2.52 bits per heavy atom. The van der Waals surface area contributed by atoms with Crippen LogP contribution in [-0.2, 0) is 11.3 Å². The van der Waals surface area contributed by atoms with Crippen LogP contribution in [0.25, 0.3) is 0 Å². The van der Waals surface area contributed by atoms with Gasteiger partial charge in [-0.15, -0.1) is 0 Å². The molecule has 1 aromatic rings. The van der Waals surface area contributed by atoms with Crippen molar-refractivity contribution in [2.45, 2.75) is 57.2 Å². The minimum atomic E-state index is -0.109. The molecule has 1 N–H and O–H groups in total. The number of hydrogen-bond donors (Lipinski definition) is 1. The Morgan fingerprint density at radius 2 is 1.87 bits per heavy atom. The van der Waals surface area contributed by atoms with Crippen molar-refractivity contribution >= 4 is 5.91 Å². The van der Waals surface area contributed by atoms with E-state index in [1.165, 1.54) is 0 Å². The predicted molar refractivity (Wildman–Crippen MR) is 87.9 cm³/mol. The van der Waals surface area contributed by atoms with E-state index in [1.807, 2.05) is 21.8 Å². The van der Waals surface area contributed by atoms with Gasteiger partial charge >= 0.3 is 0 Å². The Morgan fingerprint density at radius 1 is 1.13 bits per heavy atom. The third-order valence-corrected chi connectivity index (χ3v) is 5.17. The van der Waals surface area contributed by atoms with Crippen LogP contribution in [0, 0.1) is 0 Å². The van der Waals surface area contributed by atoms with E-state index in [2.05, 4.69) is 10.00 Å². The second-order valence-electron chi connectivity index (χ2n) is 6.75. The van der Waals surface area contributed by atoms with Crippen LogP contribution in [0.3, 0.4) is 0 Å². The monoisotopic (exact) mass is 320 g/mol. The highest BCUT2D eigenvalue weighted by molar-refractivity contribution is 5.76. The van der Waals surface area contributed by atoms with Crippen LogP contribution in [0.1, 0.15) is 38.5 Å². The smallest absolute Gasteiger partial charge is 0.222 e. The first-order chi connectivity index (χ1) is 11.2. The molecule has 0 bridgehead atoms. The lowest BCUT2D eigenvalue weighted by Gasteiger charge is -2.41. The molecule has 3 heterocycles. The summed E-state index contributed by atoms with van der Waals surface area (Å²) < 4.78 is 1.88. The summed E-state index contributed by atoms with van der Waals surface area (Å²) in [5.74, 6) is 0.282. The van der Waals surface area contributed by atoms with Crippen molar-refractivity contribution in [2.24, 2.45) is 0 Å². The molecule has 0 unspecified atom stereocenters. The Balaban J connectivity index is 1.35. The lowest BCUT2D eigenvalue weighted by Crippen LogP contribution is -2.49. The van der Waals surface area contributed by atoms with Gasteiger partial charge in [-0.05, 0) is 38.2 Å². The molecule has 2 aliphatic rings. The van der Waals surface area contributed by atoms with E-state index in [1.54, 1.807) is 6.20 Å². The van der Waals surface area contributed by atoms with Gasteiger partial charge in [0.15, 0.2) is 0 Å². The topological polar surface area (TPSA) is 61.6 Å². The number of carbonyl (C=O) groups is 1. The Kier molecular flexibility index (Phi) is 5.67. The predicted octanol–water partition coefficient (Wildman–Crippen LogP) is 1.11. The quantitative estimate of drug-likeness (QED) is 0.883. The first-order valence-corrected chi connectivity index (χ1v) is 8.89. The number of aryl methyl sites for hydroxylation is 1. The van der Waals surface area contributed by atoms with Crippen LogP contribution >= 0.6 is 0 Å². The Hall–Kier alpha value is -1.40. The molecular weight excluding hydrogens is 292 g/mol. The highest BCUT2D eigenvalue weighted by Crippen LogP contribution is 2.21. The molecule has 2 aliphatic heterocycles. The van der Waals surface area contributed by atoms with E-state index < -0.39 is 0 Å². The number of carbonyl (C=O) groups excluding carboxylic acids is 1. The van der Waals surface area contributed by atoms with Gasteiger partial charge in [-0.1, -0.05) is 0 Å². The lowest BCUT2D eigenvalue weighted by molar-refractivity contribution is -0.133. The summed E-state index contributed by atoms with van der Waals surface area (Å²) in [6.07, 6.45) is 8.99. The van der Waals surface area contributed by atoms with E-state index in [-0.39, 0.29) is 12.0 Å². The van der Waals surface area contributed by atoms with Gasteiger partial charge in [-0.25, -0.2) is 0 Å². The van der Waals surface area contributed by atoms with Crippen molar-refractivity contribution in [3.63, 3.8) is 0 Å². The van der Waals surface area contributed by atoms with Gasteiger partial charge in [0.2, 0.25) is 5.91 Å². The maximum Gasteiger partial charge on any atom is 0.222 e. The van der Waals surface area contributed by atoms with E-state index in [9.17, 15) is 9.90 Å². The minimum absolute atomic E-state index is 0.109. The highest BCUT2D eigenvalue weighted by Gasteiger charge is 2.28. The van der Waals surface area contributed by atoms with Crippen LogP contribution in [0.4, 0.5) is 0 Å². The van der Waals surface area contributed by atoms with Crippen molar-refractivity contribution in [3.8, 4) is 0 Å². The van der Waals surface area contributed by atoms with Crippen molar-refractivity contribution in [2.75, 3.05) is 26.2 Å². The number of nitrogens with zero attached hydrogens (tertiary/aromatic N) is 4. The summed E-state index contributed by atoms with van der Waals surface area (Å²) in [5, 5.41) is 13.8. The maximum absolute atomic E-state index is 12.3. The molecule has 128 valence electrons. The number of piperidine rings is 2. The molecule has 1 amide bonds. The molecule has 0 radical (unpaired) electrons. The van der Waals surface area contributed by atoms with E-state index >= 15 is 0 Å². The fraction of sp³-hybridized carbons (Fsp3) is 0.765. The molecular formula is C17H28N4O2. The third kappa shape index (κ3) is 4.54. The second kappa shape index (κ2) is 7.93. The zero-order valence-electron chi connectivity index (χ0n) is 13.8. The van der Waals surface area contributed by atoms with Crippen LogP contribution in [0.2, 0.25) is 0 Å². The largest absolute Gasteiger partial charge is 0.393 e. The van der Waals surface area contributed by atoms with Crippen molar-refractivity contribution < 1.29 is 9.90 Å². The first kappa shape index (κ1) is 16.5. The average Bonchev–Trinajstić information content (AvgIpc) is 3.09. The molecule has 6 nitrogen and oxygen atoms in total. The molecule has 0 aromatic carbocycles. The van der Waals surface area contributed by atoms with Crippen LogP contribution in [0.15, 0.2) is 18.5 Å². The zero-order chi connectivity index (χ0) is 16.1. The summed E-state index contributed by atoms with van der Waals surface area (Å²) in [5.41, 5.74) is 0. The molecule has 6 heteroatoms. The number of rotatable bonds is 5. The van der Waals surface area contributed by atoms with Crippen LogP contribution in [0.5, 0.6) is 0 Å². The summed E-state index contributed by atoms with van der Waals surface area (Å²) in [7, 11) is 0. The molecule has 0 aliphatic carbocycles. The normalized spacial score (nSPS) is 21.7. The molecule has 2 saturated heterocycles. The first-order valence-electron chi connectivity index (χ1n) is 8.89. The molecule has 0 atom stereocenters. The van der Waals surface area contributed by atoms with Gasteiger partial charge in [0, 0.05) is 57.6 Å². The number of aliphatic hydroxyl groups is 1. The highest BCUT2D eigenvalue weighted by atomic mass is 16.3. The fourth-order valence-electron chi connectivity index (χ4n) is 3.71. The number of hydrogen-bond acceptors (Lipinski definition) is 4.